The summed E-state index contributed by atoms with van der Waals surface area (Å²) in [4.78, 5) is 12.0. The van der Waals surface area contributed by atoms with Crippen LogP contribution in [0.5, 0.6) is 5.75 Å². The van der Waals surface area contributed by atoms with Crippen LogP contribution in [0.3, 0.4) is 0 Å². The standard InChI is InChI=1S/C14H21NO2/c1-6-14(3,4)15-13(16)11-7-8-12(17-5)10(2)9-11/h7-9H,6H2,1-5H3,(H,15,16). The molecule has 0 heterocycles. The Labute approximate surface area is 103 Å². The molecule has 0 aliphatic carbocycles. The number of methoxy groups -OCH3 is 1. The second kappa shape index (κ2) is 5.21. The lowest BCUT2D eigenvalue weighted by Crippen LogP contribution is -2.42. The van der Waals surface area contributed by atoms with Crippen LogP contribution in [-0.4, -0.2) is 18.6 Å². The molecule has 1 N–H and O–H groups in total. The van der Waals surface area contributed by atoms with E-state index in [0.29, 0.717) is 5.56 Å². The third-order valence-electron chi connectivity index (χ3n) is 2.99. The first-order valence-electron chi connectivity index (χ1n) is 5.87. The Morgan fingerprint density at radius 3 is 2.53 bits per heavy atom. The van der Waals surface area contributed by atoms with Crippen molar-refractivity contribution in [3.05, 3.63) is 29.3 Å². The third-order valence-corrected chi connectivity index (χ3v) is 2.99. The number of hydrogen-bond donors (Lipinski definition) is 1. The fraction of sp³-hybridized carbons (Fsp3) is 0.500. The molecule has 0 saturated heterocycles. The minimum atomic E-state index is -0.176. The van der Waals surface area contributed by atoms with E-state index in [1.54, 1.807) is 13.2 Å². The molecule has 1 aromatic rings. The Morgan fingerprint density at radius 1 is 1.41 bits per heavy atom. The highest BCUT2D eigenvalue weighted by Crippen LogP contribution is 2.19. The Bertz CT molecular complexity index is 411. The van der Waals surface area contributed by atoms with Crippen molar-refractivity contribution in [3.63, 3.8) is 0 Å². The highest BCUT2D eigenvalue weighted by Gasteiger charge is 2.19. The maximum atomic E-state index is 12.0. The number of benzene rings is 1. The summed E-state index contributed by atoms with van der Waals surface area (Å²) in [6, 6.07) is 5.45. The number of hydrogen-bond acceptors (Lipinski definition) is 2. The lowest BCUT2D eigenvalue weighted by Gasteiger charge is -2.24. The van der Waals surface area contributed by atoms with Gasteiger partial charge in [-0.25, -0.2) is 0 Å². The Hall–Kier alpha value is -1.51. The number of rotatable bonds is 4. The van der Waals surface area contributed by atoms with Gasteiger partial charge in [0.15, 0.2) is 0 Å². The van der Waals surface area contributed by atoms with Gasteiger partial charge in [0.05, 0.1) is 7.11 Å². The smallest absolute Gasteiger partial charge is 0.251 e. The van der Waals surface area contributed by atoms with Gasteiger partial charge >= 0.3 is 0 Å². The predicted molar refractivity (Wildman–Crippen MR) is 69.6 cm³/mol. The Kier molecular flexibility index (Phi) is 4.16. The topological polar surface area (TPSA) is 38.3 Å². The molecule has 0 aliphatic heterocycles. The molecule has 0 aliphatic rings. The molecule has 0 unspecified atom stereocenters. The fourth-order valence-corrected chi connectivity index (χ4v) is 1.49. The summed E-state index contributed by atoms with van der Waals surface area (Å²) < 4.78 is 5.17. The number of amides is 1. The monoisotopic (exact) mass is 235 g/mol. The summed E-state index contributed by atoms with van der Waals surface area (Å²) in [6.07, 6.45) is 0.897. The van der Waals surface area contributed by atoms with Gasteiger partial charge in [-0.05, 0) is 51.0 Å². The van der Waals surface area contributed by atoms with Crippen molar-refractivity contribution in [2.45, 2.75) is 39.7 Å². The third kappa shape index (κ3) is 3.48. The normalized spacial score (nSPS) is 11.1. The van der Waals surface area contributed by atoms with E-state index in [-0.39, 0.29) is 11.4 Å². The SMILES string of the molecule is CCC(C)(C)NC(=O)c1ccc(OC)c(C)c1. The largest absolute Gasteiger partial charge is 0.496 e. The molecular formula is C14H21NO2. The van der Waals surface area contributed by atoms with E-state index in [4.69, 9.17) is 4.74 Å². The molecule has 1 aromatic carbocycles. The van der Waals surface area contributed by atoms with E-state index in [9.17, 15) is 4.79 Å². The lowest BCUT2D eigenvalue weighted by molar-refractivity contribution is 0.0911. The average Bonchev–Trinajstić information content (AvgIpc) is 2.28. The molecule has 17 heavy (non-hydrogen) atoms. The van der Waals surface area contributed by atoms with E-state index >= 15 is 0 Å². The zero-order chi connectivity index (χ0) is 13.1. The van der Waals surface area contributed by atoms with Gasteiger partial charge in [0.25, 0.3) is 5.91 Å². The number of ether oxygens (including phenoxy) is 1. The molecule has 0 atom stereocenters. The van der Waals surface area contributed by atoms with Gasteiger partial charge in [0.2, 0.25) is 0 Å². The second-order valence-electron chi connectivity index (χ2n) is 4.88. The molecule has 3 heteroatoms. The molecular weight excluding hydrogens is 214 g/mol. The zero-order valence-corrected chi connectivity index (χ0v) is 11.3. The molecule has 94 valence electrons. The maximum absolute atomic E-state index is 12.0. The predicted octanol–water partition coefficient (Wildman–Crippen LogP) is 2.92. The van der Waals surface area contributed by atoms with Crippen molar-refractivity contribution >= 4 is 5.91 Å². The van der Waals surface area contributed by atoms with Crippen molar-refractivity contribution in [2.24, 2.45) is 0 Å². The molecule has 0 fully saturated rings. The summed E-state index contributed by atoms with van der Waals surface area (Å²) in [5.74, 6) is 0.763. The van der Waals surface area contributed by atoms with Crippen LogP contribution in [0.15, 0.2) is 18.2 Å². The average molecular weight is 235 g/mol. The number of carbonyl (C=O) groups excluding carboxylic acids is 1. The van der Waals surface area contributed by atoms with Gasteiger partial charge in [-0.3, -0.25) is 4.79 Å². The Balaban J connectivity index is 2.87. The van der Waals surface area contributed by atoms with Gasteiger partial charge < -0.3 is 10.1 Å². The molecule has 1 rings (SSSR count). The zero-order valence-electron chi connectivity index (χ0n) is 11.3. The van der Waals surface area contributed by atoms with E-state index in [1.165, 1.54) is 0 Å². The van der Waals surface area contributed by atoms with Crippen molar-refractivity contribution in [2.75, 3.05) is 7.11 Å². The first-order valence-corrected chi connectivity index (χ1v) is 5.87. The first-order chi connectivity index (χ1) is 7.89. The van der Waals surface area contributed by atoms with Crippen LogP contribution in [0, 0.1) is 6.92 Å². The van der Waals surface area contributed by atoms with Gasteiger partial charge in [0, 0.05) is 11.1 Å². The van der Waals surface area contributed by atoms with Crippen LogP contribution < -0.4 is 10.1 Å². The summed E-state index contributed by atoms with van der Waals surface area (Å²) in [5, 5.41) is 3.01. The molecule has 0 saturated carbocycles. The van der Waals surface area contributed by atoms with E-state index in [0.717, 1.165) is 17.7 Å². The molecule has 0 bridgehead atoms. The van der Waals surface area contributed by atoms with Crippen LogP contribution in [0.4, 0.5) is 0 Å². The van der Waals surface area contributed by atoms with Crippen molar-refractivity contribution in [1.82, 2.24) is 5.32 Å². The maximum Gasteiger partial charge on any atom is 0.251 e. The van der Waals surface area contributed by atoms with Crippen molar-refractivity contribution in [1.29, 1.82) is 0 Å². The second-order valence-corrected chi connectivity index (χ2v) is 4.88. The van der Waals surface area contributed by atoms with Gasteiger partial charge in [-0.1, -0.05) is 6.92 Å². The lowest BCUT2D eigenvalue weighted by atomic mass is 10.0. The quantitative estimate of drug-likeness (QED) is 0.871. The van der Waals surface area contributed by atoms with Crippen molar-refractivity contribution in [3.8, 4) is 5.75 Å². The minimum absolute atomic E-state index is 0.0393. The minimum Gasteiger partial charge on any atom is -0.496 e. The van der Waals surface area contributed by atoms with Crippen LogP contribution in [-0.2, 0) is 0 Å². The summed E-state index contributed by atoms with van der Waals surface area (Å²) in [7, 11) is 1.63. The molecule has 0 spiro atoms. The molecule has 0 aromatic heterocycles. The van der Waals surface area contributed by atoms with E-state index in [2.05, 4.69) is 12.2 Å². The van der Waals surface area contributed by atoms with E-state index in [1.807, 2.05) is 32.9 Å². The highest BCUT2D eigenvalue weighted by atomic mass is 16.5. The van der Waals surface area contributed by atoms with Crippen LogP contribution in [0.25, 0.3) is 0 Å². The number of nitrogens with one attached hydrogen (secondary N) is 1. The highest BCUT2D eigenvalue weighted by molar-refractivity contribution is 5.95. The summed E-state index contributed by atoms with van der Waals surface area (Å²) in [5.41, 5.74) is 1.46. The molecule has 3 nitrogen and oxygen atoms in total. The van der Waals surface area contributed by atoms with Crippen LogP contribution >= 0.6 is 0 Å². The van der Waals surface area contributed by atoms with Crippen LogP contribution in [0.1, 0.15) is 43.1 Å². The summed E-state index contributed by atoms with van der Waals surface area (Å²) in [6.45, 7) is 8.02. The number of carbonyl (C=O) groups is 1. The Morgan fingerprint density at radius 2 is 2.06 bits per heavy atom. The van der Waals surface area contributed by atoms with E-state index < -0.39 is 0 Å². The first kappa shape index (κ1) is 13.6. The van der Waals surface area contributed by atoms with Gasteiger partial charge in [0.1, 0.15) is 5.75 Å². The summed E-state index contributed by atoms with van der Waals surface area (Å²) >= 11 is 0. The van der Waals surface area contributed by atoms with Gasteiger partial charge in [-0.2, -0.15) is 0 Å². The fourth-order valence-electron chi connectivity index (χ4n) is 1.49. The van der Waals surface area contributed by atoms with Gasteiger partial charge in [-0.15, -0.1) is 0 Å². The molecule has 0 radical (unpaired) electrons. The molecule has 1 amide bonds. The number of aryl methyl sites for hydroxylation is 1. The van der Waals surface area contributed by atoms with Crippen LogP contribution in [0.2, 0.25) is 0 Å². The van der Waals surface area contributed by atoms with Crippen molar-refractivity contribution < 1.29 is 9.53 Å².